The van der Waals surface area contributed by atoms with Crippen LogP contribution in [0.25, 0.3) is 0 Å². The Morgan fingerprint density at radius 1 is 1.33 bits per heavy atom. The molecule has 0 aromatic carbocycles. The van der Waals surface area contributed by atoms with Crippen LogP contribution in [0.2, 0.25) is 0 Å². The third kappa shape index (κ3) is 7.37. The van der Waals surface area contributed by atoms with Crippen molar-refractivity contribution in [1.82, 2.24) is 5.32 Å². The number of rotatable bonds is 5. The summed E-state index contributed by atoms with van der Waals surface area (Å²) in [5.41, 5.74) is 0.168. The van der Waals surface area contributed by atoms with E-state index in [0.29, 0.717) is 25.3 Å². The number of aliphatic hydroxyl groups excluding tert-OH is 1. The number of aliphatic hydroxyl groups is 1. The molecule has 0 aromatic heterocycles. The minimum atomic E-state index is -0.342. The highest BCUT2D eigenvalue weighted by atomic mass is 16.3. The first-order chi connectivity index (χ1) is 6.73. The Balaban J connectivity index is 3.75. The average Bonchev–Trinajstić information content (AvgIpc) is 2.01. The van der Waals surface area contributed by atoms with E-state index < -0.39 is 0 Å². The van der Waals surface area contributed by atoms with Crippen molar-refractivity contribution in [2.45, 2.75) is 53.6 Å². The van der Waals surface area contributed by atoms with Gasteiger partial charge in [0, 0.05) is 13.0 Å². The van der Waals surface area contributed by atoms with Crippen LogP contribution in [0.15, 0.2) is 0 Å². The zero-order valence-corrected chi connectivity index (χ0v) is 10.6. The summed E-state index contributed by atoms with van der Waals surface area (Å²) in [4.78, 5) is 11.5. The lowest BCUT2D eigenvalue weighted by Crippen LogP contribution is -2.30. The maximum atomic E-state index is 11.5. The first-order valence-corrected chi connectivity index (χ1v) is 5.68. The van der Waals surface area contributed by atoms with Gasteiger partial charge >= 0.3 is 0 Å². The lowest BCUT2D eigenvalue weighted by molar-refractivity contribution is -0.122. The maximum absolute atomic E-state index is 11.5. The minimum absolute atomic E-state index is 0.0816. The van der Waals surface area contributed by atoms with Gasteiger partial charge in [-0.3, -0.25) is 4.79 Å². The molecule has 0 bridgehead atoms. The van der Waals surface area contributed by atoms with E-state index in [9.17, 15) is 4.79 Å². The summed E-state index contributed by atoms with van der Waals surface area (Å²) in [5.74, 6) is 0.446. The second kappa shape index (κ2) is 6.11. The van der Waals surface area contributed by atoms with E-state index in [1.54, 1.807) is 6.92 Å². The van der Waals surface area contributed by atoms with Crippen LogP contribution >= 0.6 is 0 Å². The molecule has 2 N–H and O–H groups in total. The van der Waals surface area contributed by atoms with E-state index in [1.165, 1.54) is 0 Å². The standard InChI is InChI=1S/C12H25NO2/c1-9(12(3,4)5)8-11(15)13-7-6-10(2)14/h9-10,14H,6-8H2,1-5H3,(H,13,15). The smallest absolute Gasteiger partial charge is 0.220 e. The molecule has 0 saturated carbocycles. The van der Waals surface area contributed by atoms with Crippen LogP contribution < -0.4 is 5.32 Å². The van der Waals surface area contributed by atoms with E-state index in [-0.39, 0.29) is 17.4 Å². The molecule has 0 saturated heterocycles. The Morgan fingerprint density at radius 3 is 2.27 bits per heavy atom. The highest BCUT2D eigenvalue weighted by Gasteiger charge is 2.22. The minimum Gasteiger partial charge on any atom is -0.393 e. The number of hydrogen-bond donors (Lipinski definition) is 2. The van der Waals surface area contributed by atoms with Crippen LogP contribution in [0.1, 0.15) is 47.5 Å². The Hall–Kier alpha value is -0.570. The number of nitrogens with one attached hydrogen (secondary N) is 1. The number of hydrogen-bond acceptors (Lipinski definition) is 2. The lowest BCUT2D eigenvalue weighted by Gasteiger charge is -2.26. The number of carbonyl (C=O) groups excluding carboxylic acids is 1. The molecule has 0 heterocycles. The fourth-order valence-electron chi connectivity index (χ4n) is 1.08. The molecule has 0 spiro atoms. The Bertz CT molecular complexity index is 194. The van der Waals surface area contributed by atoms with Crippen LogP contribution in [0.3, 0.4) is 0 Å². The fourth-order valence-corrected chi connectivity index (χ4v) is 1.08. The van der Waals surface area contributed by atoms with Gasteiger partial charge < -0.3 is 10.4 Å². The van der Waals surface area contributed by atoms with Crippen LogP contribution in [0.4, 0.5) is 0 Å². The molecule has 0 rings (SSSR count). The maximum Gasteiger partial charge on any atom is 0.220 e. The zero-order chi connectivity index (χ0) is 12.1. The second-order valence-corrected chi connectivity index (χ2v) is 5.46. The third-order valence-corrected chi connectivity index (χ3v) is 2.85. The molecule has 3 heteroatoms. The second-order valence-electron chi connectivity index (χ2n) is 5.46. The largest absolute Gasteiger partial charge is 0.393 e. The summed E-state index contributed by atoms with van der Waals surface area (Å²) in [6.45, 7) is 10.8. The van der Waals surface area contributed by atoms with Gasteiger partial charge in [-0.2, -0.15) is 0 Å². The predicted octanol–water partition coefficient (Wildman–Crippen LogP) is 1.95. The molecule has 90 valence electrons. The third-order valence-electron chi connectivity index (χ3n) is 2.85. The van der Waals surface area contributed by atoms with Crippen molar-refractivity contribution < 1.29 is 9.90 Å². The van der Waals surface area contributed by atoms with E-state index >= 15 is 0 Å². The van der Waals surface area contributed by atoms with Gasteiger partial charge in [0.25, 0.3) is 0 Å². The summed E-state index contributed by atoms with van der Waals surface area (Å²) in [6.07, 6.45) is 0.837. The molecular weight excluding hydrogens is 190 g/mol. The van der Waals surface area contributed by atoms with Gasteiger partial charge in [-0.1, -0.05) is 27.7 Å². The van der Waals surface area contributed by atoms with Gasteiger partial charge in [-0.25, -0.2) is 0 Å². The van der Waals surface area contributed by atoms with Crippen LogP contribution in [-0.2, 0) is 4.79 Å². The molecule has 0 aliphatic rings. The molecule has 0 aliphatic heterocycles. The molecule has 0 aromatic rings. The lowest BCUT2D eigenvalue weighted by atomic mass is 9.80. The molecule has 1 amide bonds. The van der Waals surface area contributed by atoms with Gasteiger partial charge in [0.1, 0.15) is 0 Å². The van der Waals surface area contributed by atoms with E-state index in [1.807, 2.05) is 0 Å². The molecule has 2 atom stereocenters. The SMILES string of the molecule is CC(O)CCNC(=O)CC(C)C(C)(C)C. The summed E-state index contributed by atoms with van der Waals surface area (Å²) in [7, 11) is 0. The normalized spacial score (nSPS) is 15.9. The van der Waals surface area contributed by atoms with Crippen molar-refractivity contribution in [1.29, 1.82) is 0 Å². The van der Waals surface area contributed by atoms with Crippen molar-refractivity contribution in [3.8, 4) is 0 Å². The summed E-state index contributed by atoms with van der Waals surface area (Å²) >= 11 is 0. The van der Waals surface area contributed by atoms with Gasteiger partial charge in [0.15, 0.2) is 0 Å². The number of amides is 1. The van der Waals surface area contributed by atoms with E-state index in [4.69, 9.17) is 5.11 Å². The molecule has 2 unspecified atom stereocenters. The topological polar surface area (TPSA) is 49.3 Å². The molecule has 0 radical (unpaired) electrons. The van der Waals surface area contributed by atoms with Gasteiger partial charge in [-0.15, -0.1) is 0 Å². The van der Waals surface area contributed by atoms with E-state index in [2.05, 4.69) is 33.0 Å². The number of carbonyl (C=O) groups is 1. The Kier molecular flexibility index (Phi) is 5.88. The predicted molar refractivity (Wildman–Crippen MR) is 62.5 cm³/mol. The van der Waals surface area contributed by atoms with Crippen LogP contribution in [0.5, 0.6) is 0 Å². The summed E-state index contributed by atoms with van der Waals surface area (Å²) in [6, 6.07) is 0. The van der Waals surface area contributed by atoms with Gasteiger partial charge in [0.2, 0.25) is 5.91 Å². The van der Waals surface area contributed by atoms with Crippen molar-refractivity contribution in [2.75, 3.05) is 6.54 Å². The van der Waals surface area contributed by atoms with Crippen molar-refractivity contribution in [2.24, 2.45) is 11.3 Å². The highest BCUT2D eigenvalue weighted by molar-refractivity contribution is 5.76. The fraction of sp³-hybridized carbons (Fsp3) is 0.917. The van der Waals surface area contributed by atoms with Gasteiger partial charge in [0.05, 0.1) is 6.10 Å². The molecule has 0 fully saturated rings. The molecule has 3 nitrogen and oxygen atoms in total. The first kappa shape index (κ1) is 14.4. The average molecular weight is 215 g/mol. The highest BCUT2D eigenvalue weighted by Crippen LogP contribution is 2.27. The Morgan fingerprint density at radius 2 is 1.87 bits per heavy atom. The molecular formula is C12H25NO2. The summed E-state index contributed by atoms with van der Waals surface area (Å²) < 4.78 is 0. The van der Waals surface area contributed by atoms with Crippen molar-refractivity contribution in [3.05, 3.63) is 0 Å². The summed E-state index contributed by atoms with van der Waals surface area (Å²) in [5, 5.41) is 11.8. The van der Waals surface area contributed by atoms with Crippen molar-refractivity contribution >= 4 is 5.91 Å². The first-order valence-electron chi connectivity index (χ1n) is 5.68. The molecule has 0 aliphatic carbocycles. The monoisotopic (exact) mass is 215 g/mol. The van der Waals surface area contributed by atoms with Crippen LogP contribution in [-0.4, -0.2) is 23.7 Å². The molecule has 15 heavy (non-hydrogen) atoms. The quantitative estimate of drug-likeness (QED) is 0.736. The van der Waals surface area contributed by atoms with Crippen LogP contribution in [0, 0.1) is 11.3 Å². The van der Waals surface area contributed by atoms with Gasteiger partial charge in [-0.05, 0) is 24.7 Å². The van der Waals surface area contributed by atoms with Crippen molar-refractivity contribution in [3.63, 3.8) is 0 Å². The Labute approximate surface area is 93.3 Å². The van der Waals surface area contributed by atoms with E-state index in [0.717, 1.165) is 0 Å². The zero-order valence-electron chi connectivity index (χ0n) is 10.6.